The molecule has 0 bridgehead atoms. The lowest BCUT2D eigenvalue weighted by Gasteiger charge is -2.22. The van der Waals surface area contributed by atoms with Crippen LogP contribution in [-0.2, 0) is 0 Å². The topological polar surface area (TPSA) is 21.3 Å². The van der Waals surface area contributed by atoms with E-state index in [-0.39, 0.29) is 0 Å². The first-order chi connectivity index (χ1) is 9.83. The maximum Gasteiger partial charge on any atom is 0.119 e. The first kappa shape index (κ1) is 15.4. The number of benzene rings is 1. The molecule has 2 nitrogen and oxygen atoms in total. The third-order valence-electron chi connectivity index (χ3n) is 4.25. The van der Waals surface area contributed by atoms with Crippen LogP contribution in [0.2, 0.25) is 0 Å². The van der Waals surface area contributed by atoms with Crippen molar-refractivity contribution in [1.82, 2.24) is 5.32 Å². The van der Waals surface area contributed by atoms with Gasteiger partial charge in [0.15, 0.2) is 0 Å². The van der Waals surface area contributed by atoms with Gasteiger partial charge in [-0.25, -0.2) is 0 Å². The van der Waals surface area contributed by atoms with Gasteiger partial charge in [0.25, 0.3) is 0 Å². The third-order valence-corrected chi connectivity index (χ3v) is 4.25. The Hall–Kier alpha value is -1.02. The molecule has 2 rings (SSSR count). The van der Waals surface area contributed by atoms with E-state index in [0.29, 0.717) is 6.04 Å². The zero-order chi connectivity index (χ0) is 14.2. The predicted molar refractivity (Wildman–Crippen MR) is 85.2 cm³/mol. The van der Waals surface area contributed by atoms with Crippen LogP contribution in [0, 0.1) is 5.92 Å². The Balaban J connectivity index is 1.96. The van der Waals surface area contributed by atoms with E-state index >= 15 is 0 Å². The monoisotopic (exact) mass is 275 g/mol. The van der Waals surface area contributed by atoms with Gasteiger partial charge in [0, 0.05) is 6.04 Å². The lowest BCUT2D eigenvalue weighted by atomic mass is 9.93. The number of nitrogens with one attached hydrogen (secondary N) is 1. The van der Waals surface area contributed by atoms with Crippen LogP contribution in [0.4, 0.5) is 0 Å². The van der Waals surface area contributed by atoms with Gasteiger partial charge < -0.3 is 10.1 Å². The molecule has 0 aliphatic heterocycles. The van der Waals surface area contributed by atoms with Gasteiger partial charge in [0.1, 0.15) is 5.75 Å². The Bertz CT molecular complexity index is 368. The van der Waals surface area contributed by atoms with Crippen molar-refractivity contribution in [3.63, 3.8) is 0 Å². The first-order valence-electron chi connectivity index (χ1n) is 8.29. The summed E-state index contributed by atoms with van der Waals surface area (Å²) in [6, 6.07) is 9.19. The van der Waals surface area contributed by atoms with E-state index in [0.717, 1.165) is 31.2 Å². The first-order valence-corrected chi connectivity index (χ1v) is 8.29. The van der Waals surface area contributed by atoms with Crippen molar-refractivity contribution in [1.29, 1.82) is 0 Å². The average Bonchev–Trinajstić information content (AvgIpc) is 2.98. The Morgan fingerprint density at radius 1 is 1.15 bits per heavy atom. The Morgan fingerprint density at radius 2 is 1.85 bits per heavy atom. The molecule has 1 aromatic carbocycles. The van der Waals surface area contributed by atoms with Gasteiger partial charge in [-0.05, 0) is 43.0 Å². The second-order valence-corrected chi connectivity index (χ2v) is 5.91. The van der Waals surface area contributed by atoms with Crippen molar-refractivity contribution in [2.24, 2.45) is 5.92 Å². The molecule has 1 aromatic rings. The van der Waals surface area contributed by atoms with Crippen molar-refractivity contribution in [2.75, 3.05) is 13.2 Å². The molecular formula is C18H29NO. The van der Waals surface area contributed by atoms with Crippen molar-refractivity contribution in [3.8, 4) is 5.75 Å². The predicted octanol–water partition coefficient (Wildman–Crippen LogP) is 4.71. The van der Waals surface area contributed by atoms with Gasteiger partial charge in [0.05, 0.1) is 6.61 Å². The Morgan fingerprint density at radius 3 is 2.45 bits per heavy atom. The zero-order valence-corrected chi connectivity index (χ0v) is 13.0. The van der Waals surface area contributed by atoms with E-state index in [1.54, 1.807) is 0 Å². The average molecular weight is 275 g/mol. The minimum atomic E-state index is 0.503. The molecule has 1 fully saturated rings. The van der Waals surface area contributed by atoms with E-state index in [1.807, 2.05) is 0 Å². The van der Waals surface area contributed by atoms with E-state index in [4.69, 9.17) is 4.74 Å². The maximum atomic E-state index is 5.66. The minimum absolute atomic E-state index is 0.503. The molecule has 2 heteroatoms. The maximum absolute atomic E-state index is 5.66. The van der Waals surface area contributed by atoms with Crippen LogP contribution in [0.25, 0.3) is 0 Å². The van der Waals surface area contributed by atoms with E-state index < -0.39 is 0 Å². The smallest absolute Gasteiger partial charge is 0.119 e. The van der Waals surface area contributed by atoms with Gasteiger partial charge in [-0.2, -0.15) is 0 Å². The van der Waals surface area contributed by atoms with Crippen LogP contribution in [0.15, 0.2) is 24.3 Å². The molecule has 0 aromatic heterocycles. The van der Waals surface area contributed by atoms with Crippen molar-refractivity contribution in [3.05, 3.63) is 29.8 Å². The second-order valence-electron chi connectivity index (χ2n) is 5.91. The molecule has 1 saturated carbocycles. The number of ether oxygens (including phenoxy) is 1. The molecule has 0 saturated heterocycles. The van der Waals surface area contributed by atoms with Gasteiger partial charge in [-0.1, -0.05) is 51.7 Å². The molecule has 112 valence electrons. The molecule has 1 aliphatic carbocycles. The highest BCUT2D eigenvalue weighted by Gasteiger charge is 2.20. The molecule has 0 radical (unpaired) electrons. The highest BCUT2D eigenvalue weighted by Crippen LogP contribution is 2.33. The summed E-state index contributed by atoms with van der Waals surface area (Å²) < 4.78 is 5.66. The molecule has 0 heterocycles. The zero-order valence-electron chi connectivity index (χ0n) is 13.0. The summed E-state index contributed by atoms with van der Waals surface area (Å²) in [5.74, 6) is 1.90. The molecule has 0 spiro atoms. The summed E-state index contributed by atoms with van der Waals surface area (Å²) in [5, 5.41) is 3.65. The normalized spacial score (nSPS) is 17.3. The minimum Gasteiger partial charge on any atom is -0.494 e. The summed E-state index contributed by atoms with van der Waals surface area (Å²) in [4.78, 5) is 0. The Kier molecular flexibility index (Phi) is 6.38. The molecule has 1 N–H and O–H groups in total. The number of hydrogen-bond acceptors (Lipinski definition) is 2. The van der Waals surface area contributed by atoms with Crippen LogP contribution < -0.4 is 10.1 Å². The SMILES string of the molecule is CCCOc1ccc(C(CC2CCCC2)NCC)cc1. The van der Waals surface area contributed by atoms with Crippen LogP contribution in [-0.4, -0.2) is 13.2 Å². The summed E-state index contributed by atoms with van der Waals surface area (Å²) in [7, 11) is 0. The number of hydrogen-bond donors (Lipinski definition) is 1. The van der Waals surface area contributed by atoms with Gasteiger partial charge in [-0.15, -0.1) is 0 Å². The second kappa shape index (κ2) is 8.31. The standard InChI is InChI=1S/C18H29NO/c1-3-13-20-17-11-9-16(10-12-17)18(19-4-2)14-15-7-5-6-8-15/h9-12,15,18-19H,3-8,13-14H2,1-2H3. The third kappa shape index (κ3) is 4.52. The Labute approximate surface area is 123 Å². The summed E-state index contributed by atoms with van der Waals surface area (Å²) in [5.41, 5.74) is 1.41. The molecule has 0 amide bonds. The van der Waals surface area contributed by atoms with Crippen LogP contribution in [0.1, 0.15) is 64.0 Å². The van der Waals surface area contributed by atoms with E-state index in [9.17, 15) is 0 Å². The summed E-state index contributed by atoms with van der Waals surface area (Å²) >= 11 is 0. The fourth-order valence-electron chi connectivity index (χ4n) is 3.18. The number of rotatable bonds is 8. The highest BCUT2D eigenvalue weighted by atomic mass is 16.5. The molecular weight excluding hydrogens is 246 g/mol. The van der Waals surface area contributed by atoms with Crippen LogP contribution in [0.5, 0.6) is 5.75 Å². The quantitative estimate of drug-likeness (QED) is 0.742. The molecule has 1 aliphatic rings. The molecule has 1 unspecified atom stereocenters. The van der Waals surface area contributed by atoms with Gasteiger partial charge >= 0.3 is 0 Å². The van der Waals surface area contributed by atoms with E-state index in [2.05, 4.69) is 43.4 Å². The van der Waals surface area contributed by atoms with Crippen molar-refractivity contribution in [2.45, 2.75) is 58.4 Å². The van der Waals surface area contributed by atoms with Gasteiger partial charge in [-0.3, -0.25) is 0 Å². The fourth-order valence-corrected chi connectivity index (χ4v) is 3.18. The van der Waals surface area contributed by atoms with Crippen LogP contribution in [0.3, 0.4) is 0 Å². The van der Waals surface area contributed by atoms with E-state index in [1.165, 1.54) is 37.7 Å². The van der Waals surface area contributed by atoms with Crippen molar-refractivity contribution >= 4 is 0 Å². The lowest BCUT2D eigenvalue weighted by molar-refractivity contribution is 0.317. The lowest BCUT2D eigenvalue weighted by Crippen LogP contribution is -2.23. The highest BCUT2D eigenvalue weighted by molar-refractivity contribution is 5.29. The summed E-state index contributed by atoms with van der Waals surface area (Å²) in [6.45, 7) is 6.17. The molecule has 1 atom stereocenters. The van der Waals surface area contributed by atoms with Gasteiger partial charge in [0.2, 0.25) is 0 Å². The van der Waals surface area contributed by atoms with Crippen molar-refractivity contribution < 1.29 is 4.74 Å². The van der Waals surface area contributed by atoms with Crippen LogP contribution >= 0.6 is 0 Å². The fraction of sp³-hybridized carbons (Fsp3) is 0.667. The largest absolute Gasteiger partial charge is 0.494 e. The summed E-state index contributed by atoms with van der Waals surface area (Å²) in [6.07, 6.45) is 8.02. The molecule has 20 heavy (non-hydrogen) atoms.